The second-order valence-electron chi connectivity index (χ2n) is 2.80. The Morgan fingerprint density at radius 1 is 1.67 bits per heavy atom. The van der Waals surface area contributed by atoms with Crippen LogP contribution >= 0.6 is 0 Å². The lowest BCUT2D eigenvalue weighted by Crippen LogP contribution is -2.47. The molecular formula is C8H9N3O. The molecule has 0 aliphatic carbocycles. The number of carbonyl (C=O) groups excluding carboxylic acids is 1. The van der Waals surface area contributed by atoms with Crippen LogP contribution in [0.4, 0.5) is 0 Å². The Morgan fingerprint density at radius 2 is 2.50 bits per heavy atom. The molecular weight excluding hydrogens is 154 g/mol. The molecule has 62 valence electrons. The molecule has 0 spiro atoms. The van der Waals surface area contributed by atoms with E-state index in [0.717, 1.165) is 5.70 Å². The highest BCUT2D eigenvalue weighted by molar-refractivity contribution is 5.89. The van der Waals surface area contributed by atoms with Crippen molar-refractivity contribution < 1.29 is 4.79 Å². The predicted molar refractivity (Wildman–Crippen MR) is 45.2 cm³/mol. The summed E-state index contributed by atoms with van der Waals surface area (Å²) in [5, 5.41) is 2.75. The molecule has 0 bridgehead atoms. The zero-order valence-corrected chi connectivity index (χ0v) is 6.69. The quantitative estimate of drug-likeness (QED) is 0.554. The first kappa shape index (κ1) is 7.09. The van der Waals surface area contributed by atoms with Crippen LogP contribution in [0.5, 0.6) is 0 Å². The Bertz CT molecular complexity index is 303. The number of hydrogen-bond acceptors (Lipinski definition) is 3. The van der Waals surface area contributed by atoms with Gasteiger partial charge in [-0.05, 0) is 13.0 Å². The third-order valence-electron chi connectivity index (χ3n) is 1.81. The average molecular weight is 163 g/mol. The van der Waals surface area contributed by atoms with Gasteiger partial charge in [-0.3, -0.25) is 4.79 Å². The van der Waals surface area contributed by atoms with Crippen LogP contribution in [0, 0.1) is 0 Å². The van der Waals surface area contributed by atoms with E-state index in [1.807, 2.05) is 13.1 Å². The fourth-order valence-electron chi connectivity index (χ4n) is 1.28. The van der Waals surface area contributed by atoms with E-state index >= 15 is 0 Å². The molecule has 2 heterocycles. The third-order valence-corrected chi connectivity index (χ3v) is 1.81. The molecule has 0 radical (unpaired) electrons. The fourth-order valence-corrected chi connectivity index (χ4v) is 1.28. The van der Waals surface area contributed by atoms with E-state index in [1.54, 1.807) is 23.5 Å². The highest BCUT2D eigenvalue weighted by Gasteiger charge is 2.25. The van der Waals surface area contributed by atoms with Crippen molar-refractivity contribution in [3.05, 3.63) is 24.2 Å². The smallest absolute Gasteiger partial charge is 0.251 e. The van der Waals surface area contributed by atoms with Crippen molar-refractivity contribution in [2.45, 2.75) is 13.0 Å². The first-order valence-electron chi connectivity index (χ1n) is 3.74. The molecule has 2 rings (SSSR count). The number of hydrogen-bond donors (Lipinski definition) is 1. The van der Waals surface area contributed by atoms with E-state index in [4.69, 9.17) is 0 Å². The summed E-state index contributed by atoms with van der Waals surface area (Å²) in [5.74, 6) is -0.00241. The minimum atomic E-state index is -0.216. The summed E-state index contributed by atoms with van der Waals surface area (Å²) in [4.78, 5) is 17.0. The molecule has 0 saturated heterocycles. The van der Waals surface area contributed by atoms with Crippen LogP contribution in [0.15, 0.2) is 29.2 Å². The van der Waals surface area contributed by atoms with Gasteiger partial charge < -0.3 is 10.2 Å². The lowest BCUT2D eigenvalue weighted by atomic mass is 10.2. The number of nitrogens with one attached hydrogen (secondary N) is 1. The number of rotatable bonds is 0. The minimum Gasteiger partial charge on any atom is -0.327 e. The zero-order chi connectivity index (χ0) is 8.55. The Hall–Kier alpha value is -1.58. The van der Waals surface area contributed by atoms with Crippen LogP contribution < -0.4 is 5.32 Å². The van der Waals surface area contributed by atoms with Gasteiger partial charge in [0.2, 0.25) is 0 Å². The second-order valence-corrected chi connectivity index (χ2v) is 2.80. The van der Waals surface area contributed by atoms with Gasteiger partial charge in [0.15, 0.2) is 0 Å². The lowest BCUT2D eigenvalue weighted by Gasteiger charge is -2.29. The summed E-state index contributed by atoms with van der Waals surface area (Å²) >= 11 is 0. The van der Waals surface area contributed by atoms with E-state index in [9.17, 15) is 4.79 Å². The highest BCUT2D eigenvalue weighted by atomic mass is 16.2. The van der Waals surface area contributed by atoms with Gasteiger partial charge in [0.1, 0.15) is 6.04 Å². The van der Waals surface area contributed by atoms with Gasteiger partial charge in [-0.25, -0.2) is 4.99 Å². The van der Waals surface area contributed by atoms with Gasteiger partial charge in [-0.1, -0.05) is 0 Å². The highest BCUT2D eigenvalue weighted by Crippen LogP contribution is 2.11. The zero-order valence-electron chi connectivity index (χ0n) is 6.69. The first-order chi connectivity index (χ1) is 5.77. The number of carbonyl (C=O) groups is 1. The molecule has 1 N–H and O–H groups in total. The van der Waals surface area contributed by atoms with Crippen molar-refractivity contribution in [1.29, 1.82) is 0 Å². The average Bonchev–Trinajstić information content (AvgIpc) is 2.04. The van der Waals surface area contributed by atoms with Crippen LogP contribution in [-0.4, -0.2) is 23.2 Å². The summed E-state index contributed by atoms with van der Waals surface area (Å²) < 4.78 is 0. The normalized spacial score (nSPS) is 26.4. The van der Waals surface area contributed by atoms with Crippen molar-refractivity contribution in [3.8, 4) is 0 Å². The first-order valence-corrected chi connectivity index (χ1v) is 3.74. The number of aliphatic imine (C=N–C) groups is 1. The van der Waals surface area contributed by atoms with Crippen LogP contribution in [-0.2, 0) is 4.79 Å². The minimum absolute atomic E-state index is 0.00241. The summed E-state index contributed by atoms with van der Waals surface area (Å²) in [6.07, 6.45) is 6.90. The molecule has 0 aromatic carbocycles. The van der Waals surface area contributed by atoms with Crippen molar-refractivity contribution in [3.63, 3.8) is 0 Å². The van der Waals surface area contributed by atoms with Gasteiger partial charge in [-0.2, -0.15) is 0 Å². The van der Waals surface area contributed by atoms with Crippen molar-refractivity contribution >= 4 is 12.2 Å². The van der Waals surface area contributed by atoms with Crippen molar-refractivity contribution in [2.75, 3.05) is 0 Å². The molecule has 2 aliphatic heterocycles. The second kappa shape index (κ2) is 2.48. The number of amides is 1. The Kier molecular flexibility index (Phi) is 1.46. The summed E-state index contributed by atoms with van der Waals surface area (Å²) in [7, 11) is 0. The lowest BCUT2D eigenvalue weighted by molar-refractivity contribution is -0.123. The number of nitrogens with zero attached hydrogens (tertiary/aromatic N) is 2. The molecule has 4 heteroatoms. The van der Waals surface area contributed by atoms with Gasteiger partial charge in [-0.15, -0.1) is 0 Å². The maximum atomic E-state index is 11.3. The molecule has 1 unspecified atom stereocenters. The monoisotopic (exact) mass is 163 g/mol. The Balaban J connectivity index is 2.34. The standard InChI is InChI=1S/C8H9N3O/c1-6-4-11-5-9-3-2-7(11)8(12)10-6/h2-5,7H,1H3,(H,10,12). The SMILES string of the molecule is CC1=CN2C=NC=CC2C(=O)N1. The molecule has 4 nitrogen and oxygen atoms in total. The van der Waals surface area contributed by atoms with Crippen LogP contribution in [0.3, 0.4) is 0 Å². The molecule has 0 aromatic heterocycles. The molecule has 1 atom stereocenters. The largest absolute Gasteiger partial charge is 0.327 e. The van der Waals surface area contributed by atoms with Gasteiger partial charge >= 0.3 is 0 Å². The van der Waals surface area contributed by atoms with Crippen LogP contribution in [0.2, 0.25) is 0 Å². The number of fused-ring (bicyclic) bond motifs is 1. The van der Waals surface area contributed by atoms with Gasteiger partial charge in [0.25, 0.3) is 5.91 Å². The van der Waals surface area contributed by atoms with E-state index in [-0.39, 0.29) is 11.9 Å². The maximum absolute atomic E-state index is 11.3. The summed E-state index contributed by atoms with van der Waals surface area (Å²) in [6, 6.07) is -0.216. The van der Waals surface area contributed by atoms with Crippen LogP contribution in [0.1, 0.15) is 6.92 Å². The summed E-state index contributed by atoms with van der Waals surface area (Å²) in [6.45, 7) is 1.85. The fraction of sp³-hybridized carbons (Fsp3) is 0.250. The molecule has 1 amide bonds. The van der Waals surface area contributed by atoms with Crippen molar-refractivity contribution in [2.24, 2.45) is 4.99 Å². The molecule has 12 heavy (non-hydrogen) atoms. The van der Waals surface area contributed by atoms with E-state index in [0.29, 0.717) is 0 Å². The van der Waals surface area contributed by atoms with Gasteiger partial charge in [0, 0.05) is 18.1 Å². The molecule has 0 fully saturated rings. The molecule has 2 aliphatic rings. The predicted octanol–water partition coefficient (Wildman–Crippen LogP) is 0.204. The number of allylic oxidation sites excluding steroid dienone is 1. The van der Waals surface area contributed by atoms with Crippen molar-refractivity contribution in [1.82, 2.24) is 10.2 Å². The Morgan fingerprint density at radius 3 is 3.33 bits per heavy atom. The van der Waals surface area contributed by atoms with E-state index < -0.39 is 0 Å². The maximum Gasteiger partial charge on any atom is 0.251 e. The summed E-state index contributed by atoms with van der Waals surface area (Å²) in [5.41, 5.74) is 0.845. The molecule has 0 aromatic rings. The van der Waals surface area contributed by atoms with Gasteiger partial charge in [0.05, 0.1) is 6.34 Å². The topological polar surface area (TPSA) is 44.7 Å². The van der Waals surface area contributed by atoms with Crippen LogP contribution in [0.25, 0.3) is 0 Å². The Labute approximate surface area is 70.3 Å². The third kappa shape index (κ3) is 1.01. The molecule has 0 saturated carbocycles. The van der Waals surface area contributed by atoms with E-state index in [2.05, 4.69) is 10.3 Å². The van der Waals surface area contributed by atoms with E-state index in [1.165, 1.54) is 0 Å².